The summed E-state index contributed by atoms with van der Waals surface area (Å²) >= 11 is 0. The van der Waals surface area contributed by atoms with Gasteiger partial charge < -0.3 is 14.4 Å². The second kappa shape index (κ2) is 4.04. The van der Waals surface area contributed by atoms with E-state index in [-0.39, 0.29) is 22.4 Å². The van der Waals surface area contributed by atoms with Gasteiger partial charge in [-0.2, -0.15) is 8.78 Å². The van der Waals surface area contributed by atoms with Crippen molar-refractivity contribution in [3.05, 3.63) is 34.6 Å². The average Bonchev–Trinajstić information content (AvgIpc) is 2.25. The van der Waals surface area contributed by atoms with Crippen molar-refractivity contribution < 1.29 is 18.6 Å². The highest BCUT2D eigenvalue weighted by Crippen LogP contribution is 2.27. The molecule has 1 aromatic heterocycles. The molecule has 0 fully saturated rings. The van der Waals surface area contributed by atoms with Crippen LogP contribution in [0, 0.1) is 0 Å². The number of pyridine rings is 1. The van der Waals surface area contributed by atoms with Gasteiger partial charge in [0.05, 0.1) is 5.52 Å². The number of hydrogen-bond acceptors (Lipinski definition) is 3. The van der Waals surface area contributed by atoms with Gasteiger partial charge in [-0.15, -0.1) is 0 Å². The molecule has 0 saturated heterocycles. The fourth-order valence-electron chi connectivity index (χ4n) is 1.60. The van der Waals surface area contributed by atoms with Gasteiger partial charge in [-0.05, 0) is 18.2 Å². The standard InChI is InChI=1S/C11H9F2NO3/c1-14-8-3-2-6(17-11(12)13)4-7(8)9(15)5-10(14)16/h2-5,11,15H,1H3. The zero-order valence-corrected chi connectivity index (χ0v) is 8.85. The normalized spacial score (nSPS) is 11.1. The Hall–Kier alpha value is -2.11. The molecule has 0 aliphatic rings. The minimum Gasteiger partial charge on any atom is -0.507 e. The Morgan fingerprint density at radius 1 is 1.35 bits per heavy atom. The van der Waals surface area contributed by atoms with Crippen LogP contribution in [0.1, 0.15) is 0 Å². The number of aromatic hydroxyl groups is 1. The summed E-state index contributed by atoms with van der Waals surface area (Å²) in [6.07, 6.45) is 0. The molecule has 0 amide bonds. The number of rotatable bonds is 2. The summed E-state index contributed by atoms with van der Waals surface area (Å²) in [5.74, 6) is -0.329. The molecule has 0 saturated carbocycles. The second-order valence-electron chi connectivity index (χ2n) is 3.48. The molecular weight excluding hydrogens is 232 g/mol. The predicted octanol–water partition coefficient (Wildman–Crippen LogP) is 1.85. The van der Waals surface area contributed by atoms with Crippen LogP contribution in [-0.2, 0) is 7.05 Å². The zero-order valence-electron chi connectivity index (χ0n) is 8.85. The minimum atomic E-state index is -2.93. The largest absolute Gasteiger partial charge is 0.507 e. The van der Waals surface area contributed by atoms with Crippen LogP contribution in [0.4, 0.5) is 8.78 Å². The van der Waals surface area contributed by atoms with E-state index in [4.69, 9.17) is 0 Å². The first-order chi connectivity index (χ1) is 7.99. The van der Waals surface area contributed by atoms with E-state index in [0.29, 0.717) is 5.52 Å². The van der Waals surface area contributed by atoms with Gasteiger partial charge in [0, 0.05) is 18.5 Å². The molecule has 17 heavy (non-hydrogen) atoms. The first-order valence-electron chi connectivity index (χ1n) is 4.76. The van der Waals surface area contributed by atoms with Gasteiger partial charge in [-0.1, -0.05) is 0 Å². The van der Waals surface area contributed by atoms with Crippen LogP contribution in [0.2, 0.25) is 0 Å². The highest BCUT2D eigenvalue weighted by atomic mass is 19.3. The lowest BCUT2D eigenvalue weighted by Crippen LogP contribution is -2.15. The Kier molecular flexibility index (Phi) is 2.71. The van der Waals surface area contributed by atoms with Crippen LogP contribution in [-0.4, -0.2) is 16.3 Å². The molecule has 0 unspecified atom stereocenters. The van der Waals surface area contributed by atoms with E-state index in [1.165, 1.54) is 29.8 Å². The third kappa shape index (κ3) is 2.06. The molecule has 1 aromatic carbocycles. The van der Waals surface area contributed by atoms with E-state index in [1.54, 1.807) is 0 Å². The summed E-state index contributed by atoms with van der Waals surface area (Å²) in [6, 6.07) is 5.03. The van der Waals surface area contributed by atoms with E-state index in [9.17, 15) is 18.7 Å². The monoisotopic (exact) mass is 241 g/mol. The van der Waals surface area contributed by atoms with Crippen LogP contribution in [0.25, 0.3) is 10.9 Å². The lowest BCUT2D eigenvalue weighted by atomic mass is 10.2. The summed E-state index contributed by atoms with van der Waals surface area (Å²) in [7, 11) is 1.53. The van der Waals surface area contributed by atoms with Gasteiger partial charge in [-0.3, -0.25) is 4.79 Å². The minimum absolute atomic E-state index is 0.0681. The van der Waals surface area contributed by atoms with E-state index >= 15 is 0 Å². The van der Waals surface area contributed by atoms with Gasteiger partial charge in [-0.25, -0.2) is 0 Å². The Morgan fingerprint density at radius 3 is 2.71 bits per heavy atom. The number of nitrogens with zero attached hydrogens (tertiary/aromatic N) is 1. The number of hydrogen-bond donors (Lipinski definition) is 1. The molecular formula is C11H9F2NO3. The molecule has 4 nitrogen and oxygen atoms in total. The van der Waals surface area contributed by atoms with Crippen LogP contribution in [0.5, 0.6) is 11.5 Å². The summed E-state index contributed by atoms with van der Waals surface area (Å²) in [5.41, 5.74) is 0.0640. The predicted molar refractivity (Wildman–Crippen MR) is 57.5 cm³/mol. The van der Waals surface area contributed by atoms with Crippen molar-refractivity contribution in [2.24, 2.45) is 7.05 Å². The Balaban J connectivity index is 2.66. The highest BCUT2D eigenvalue weighted by molar-refractivity contribution is 5.86. The third-order valence-corrected chi connectivity index (χ3v) is 2.42. The van der Waals surface area contributed by atoms with Crippen molar-refractivity contribution in [1.29, 1.82) is 0 Å². The van der Waals surface area contributed by atoms with Gasteiger partial charge in [0.1, 0.15) is 11.5 Å². The van der Waals surface area contributed by atoms with E-state index in [2.05, 4.69) is 4.74 Å². The van der Waals surface area contributed by atoms with Gasteiger partial charge in [0.15, 0.2) is 0 Å². The van der Waals surface area contributed by atoms with Crippen molar-refractivity contribution in [3.8, 4) is 11.5 Å². The zero-order chi connectivity index (χ0) is 12.6. The molecule has 2 aromatic rings. The first-order valence-corrected chi connectivity index (χ1v) is 4.76. The molecule has 0 aliphatic carbocycles. The number of benzene rings is 1. The summed E-state index contributed by atoms with van der Waals surface area (Å²) in [4.78, 5) is 11.4. The lowest BCUT2D eigenvalue weighted by Gasteiger charge is -2.09. The number of halogens is 2. The fraction of sp³-hybridized carbons (Fsp3) is 0.182. The molecule has 6 heteroatoms. The number of ether oxygens (including phenoxy) is 1. The second-order valence-corrected chi connectivity index (χ2v) is 3.48. The van der Waals surface area contributed by atoms with Crippen molar-refractivity contribution in [2.75, 3.05) is 0 Å². The van der Waals surface area contributed by atoms with Crippen molar-refractivity contribution in [3.63, 3.8) is 0 Å². The molecule has 0 spiro atoms. The molecule has 0 bridgehead atoms. The van der Waals surface area contributed by atoms with E-state index in [1.807, 2.05) is 0 Å². The van der Waals surface area contributed by atoms with Crippen molar-refractivity contribution >= 4 is 10.9 Å². The summed E-state index contributed by atoms with van der Waals surface area (Å²) in [6.45, 7) is -2.93. The van der Waals surface area contributed by atoms with E-state index < -0.39 is 6.61 Å². The topological polar surface area (TPSA) is 51.5 Å². The molecule has 2 rings (SSSR count). The Labute approximate surface area is 94.7 Å². The van der Waals surface area contributed by atoms with Crippen LogP contribution < -0.4 is 10.3 Å². The smallest absolute Gasteiger partial charge is 0.387 e. The molecule has 0 atom stereocenters. The maximum atomic E-state index is 12.0. The van der Waals surface area contributed by atoms with E-state index in [0.717, 1.165) is 6.07 Å². The number of alkyl halides is 2. The molecule has 0 radical (unpaired) electrons. The quantitative estimate of drug-likeness (QED) is 0.872. The van der Waals surface area contributed by atoms with Gasteiger partial charge >= 0.3 is 6.61 Å². The SMILES string of the molecule is Cn1c(=O)cc(O)c2cc(OC(F)F)ccc21. The van der Waals surface area contributed by atoms with Crippen LogP contribution in [0.3, 0.4) is 0 Å². The van der Waals surface area contributed by atoms with Crippen molar-refractivity contribution in [1.82, 2.24) is 4.57 Å². The summed E-state index contributed by atoms with van der Waals surface area (Å²) < 4.78 is 29.6. The number of aromatic nitrogens is 1. The molecule has 90 valence electrons. The maximum Gasteiger partial charge on any atom is 0.387 e. The fourth-order valence-corrected chi connectivity index (χ4v) is 1.60. The number of fused-ring (bicyclic) bond motifs is 1. The van der Waals surface area contributed by atoms with Gasteiger partial charge in [0.2, 0.25) is 0 Å². The maximum absolute atomic E-state index is 12.0. The van der Waals surface area contributed by atoms with Crippen LogP contribution >= 0.6 is 0 Å². The number of aryl methyl sites for hydroxylation is 1. The highest BCUT2D eigenvalue weighted by Gasteiger charge is 2.09. The van der Waals surface area contributed by atoms with Gasteiger partial charge in [0.25, 0.3) is 5.56 Å². The molecule has 1 N–H and O–H groups in total. The Bertz CT molecular complexity index is 622. The third-order valence-electron chi connectivity index (χ3n) is 2.42. The first kappa shape index (κ1) is 11.4. The lowest BCUT2D eigenvalue weighted by molar-refractivity contribution is -0.0497. The van der Waals surface area contributed by atoms with Crippen LogP contribution in [0.15, 0.2) is 29.1 Å². The Morgan fingerprint density at radius 2 is 2.06 bits per heavy atom. The summed E-state index contributed by atoms with van der Waals surface area (Å²) in [5, 5.41) is 9.86. The molecule has 1 heterocycles. The molecule has 0 aliphatic heterocycles. The average molecular weight is 241 g/mol. The van der Waals surface area contributed by atoms with Crippen molar-refractivity contribution in [2.45, 2.75) is 6.61 Å².